The highest BCUT2D eigenvalue weighted by atomic mass is 16.7. The Kier molecular flexibility index (Phi) is 4.48. The van der Waals surface area contributed by atoms with Crippen LogP contribution in [0.15, 0.2) is 12.1 Å². The number of nitrogens with two attached hydrogens (primary N) is 1. The third kappa shape index (κ3) is 2.72. The van der Waals surface area contributed by atoms with Crippen LogP contribution in [0.25, 0.3) is 0 Å². The maximum Gasteiger partial charge on any atom is 0.250 e. The van der Waals surface area contributed by atoms with Crippen molar-refractivity contribution in [2.24, 2.45) is 5.73 Å². The first-order valence-corrected chi connectivity index (χ1v) is 6.56. The van der Waals surface area contributed by atoms with Gasteiger partial charge < -0.3 is 46.2 Å². The number of phenolic OH excluding ortho intramolecular Hbond substituents is 3. The van der Waals surface area contributed by atoms with Gasteiger partial charge in [-0.05, 0) is 12.1 Å². The van der Waals surface area contributed by atoms with Crippen molar-refractivity contribution in [1.82, 2.24) is 0 Å². The number of phenols is 3. The molecule has 0 aliphatic carbocycles. The maximum atomic E-state index is 12.4. The van der Waals surface area contributed by atoms with Gasteiger partial charge in [-0.3, -0.25) is 4.79 Å². The lowest BCUT2D eigenvalue weighted by Crippen LogP contribution is -2.71. The van der Waals surface area contributed by atoms with E-state index in [1.165, 1.54) is 0 Å². The first-order chi connectivity index (χ1) is 10.6. The number of carbonyl (C=O) groups excluding carboxylic acids is 1. The lowest BCUT2D eigenvalue weighted by molar-refractivity contribution is -0.286. The molecule has 128 valence electrons. The summed E-state index contributed by atoms with van der Waals surface area (Å²) >= 11 is 0. The van der Waals surface area contributed by atoms with Crippen molar-refractivity contribution in [3.8, 4) is 17.2 Å². The van der Waals surface area contributed by atoms with Crippen LogP contribution >= 0.6 is 0 Å². The monoisotopic (exact) mass is 331 g/mol. The van der Waals surface area contributed by atoms with Crippen molar-refractivity contribution in [2.75, 3.05) is 6.61 Å². The molecule has 0 radical (unpaired) electrons. The van der Waals surface area contributed by atoms with E-state index >= 15 is 0 Å². The van der Waals surface area contributed by atoms with E-state index in [-0.39, 0.29) is 0 Å². The molecule has 2 rings (SSSR count). The molecule has 1 saturated heterocycles. The molecule has 9 N–H and O–H groups in total. The summed E-state index contributed by atoms with van der Waals surface area (Å²) in [5.74, 6) is -6.62. The molecule has 1 aromatic carbocycles. The number of aromatic hydroxyl groups is 3. The van der Waals surface area contributed by atoms with E-state index in [9.17, 15) is 35.4 Å². The first kappa shape index (κ1) is 17.4. The van der Waals surface area contributed by atoms with E-state index < -0.39 is 65.3 Å². The van der Waals surface area contributed by atoms with E-state index in [1.54, 1.807) is 0 Å². The number of carbonyl (C=O) groups is 1. The van der Waals surface area contributed by atoms with E-state index in [4.69, 9.17) is 15.6 Å². The third-order valence-electron chi connectivity index (χ3n) is 3.72. The number of aliphatic hydroxyl groups excluding tert-OH is 3. The zero-order valence-corrected chi connectivity index (χ0v) is 11.7. The second-order valence-electron chi connectivity index (χ2n) is 5.23. The quantitative estimate of drug-likeness (QED) is 0.210. The molecule has 1 fully saturated rings. The SMILES string of the molecule is N[C@@H]1[C@@H](O)[C@H](O)[C@@H](CO)OC1(O)C(=O)c1cc(O)c(O)c(O)c1. The summed E-state index contributed by atoms with van der Waals surface area (Å²) in [6, 6.07) is -0.279. The van der Waals surface area contributed by atoms with Gasteiger partial charge in [0.05, 0.1) is 12.6 Å². The summed E-state index contributed by atoms with van der Waals surface area (Å²) in [6.45, 7) is -0.813. The number of hydrogen-bond acceptors (Lipinski definition) is 10. The molecule has 23 heavy (non-hydrogen) atoms. The minimum atomic E-state index is -2.83. The fourth-order valence-electron chi connectivity index (χ4n) is 2.34. The van der Waals surface area contributed by atoms with Crippen molar-refractivity contribution in [2.45, 2.75) is 30.1 Å². The Morgan fingerprint density at radius 3 is 2.17 bits per heavy atom. The summed E-state index contributed by atoms with van der Waals surface area (Å²) in [7, 11) is 0. The fourth-order valence-corrected chi connectivity index (χ4v) is 2.34. The van der Waals surface area contributed by atoms with Crippen LogP contribution in [-0.4, -0.2) is 78.3 Å². The minimum absolute atomic E-state index is 0.476. The van der Waals surface area contributed by atoms with E-state index in [1.807, 2.05) is 0 Å². The van der Waals surface area contributed by atoms with Crippen LogP contribution in [0.3, 0.4) is 0 Å². The molecule has 0 spiro atoms. The number of Topliss-reactive ketones (excluding diaryl/α,β-unsaturated/α-hetero) is 1. The van der Waals surface area contributed by atoms with E-state index in [0.717, 1.165) is 12.1 Å². The third-order valence-corrected chi connectivity index (χ3v) is 3.72. The van der Waals surface area contributed by atoms with Crippen molar-refractivity contribution in [1.29, 1.82) is 0 Å². The van der Waals surface area contributed by atoms with Gasteiger partial charge in [0.2, 0.25) is 11.6 Å². The van der Waals surface area contributed by atoms with Crippen LogP contribution in [0, 0.1) is 0 Å². The molecule has 1 heterocycles. The number of aliphatic hydroxyl groups is 4. The van der Waals surface area contributed by atoms with Gasteiger partial charge in [0.15, 0.2) is 17.2 Å². The number of ether oxygens (including phenoxy) is 1. The lowest BCUT2D eigenvalue weighted by atomic mass is 9.86. The molecule has 0 aromatic heterocycles. The average Bonchev–Trinajstić information content (AvgIpc) is 2.52. The fraction of sp³-hybridized carbons (Fsp3) is 0.462. The van der Waals surface area contributed by atoms with Crippen molar-refractivity contribution in [3.05, 3.63) is 17.7 Å². The highest BCUT2D eigenvalue weighted by Crippen LogP contribution is 2.38. The second-order valence-corrected chi connectivity index (χ2v) is 5.23. The Hall–Kier alpha value is -1.95. The molecule has 1 unspecified atom stereocenters. The Labute approximate surface area is 129 Å². The summed E-state index contributed by atoms with van der Waals surface area (Å²) in [6.07, 6.45) is -4.91. The molecule has 0 amide bonds. The van der Waals surface area contributed by atoms with Gasteiger partial charge in [0.25, 0.3) is 0 Å². The molecule has 5 atom stereocenters. The lowest BCUT2D eigenvalue weighted by Gasteiger charge is -2.45. The van der Waals surface area contributed by atoms with Gasteiger partial charge in [0, 0.05) is 5.56 Å². The number of hydrogen-bond donors (Lipinski definition) is 8. The van der Waals surface area contributed by atoms with E-state index in [2.05, 4.69) is 0 Å². The van der Waals surface area contributed by atoms with Crippen LogP contribution in [0.4, 0.5) is 0 Å². The topological polar surface area (TPSA) is 194 Å². The second kappa shape index (κ2) is 5.92. The molecule has 0 saturated carbocycles. The summed E-state index contributed by atoms with van der Waals surface area (Å²) in [5, 5.41) is 67.1. The number of rotatable bonds is 3. The normalized spacial score (nSPS) is 34.3. The first-order valence-electron chi connectivity index (χ1n) is 6.56. The van der Waals surface area contributed by atoms with Crippen molar-refractivity contribution >= 4 is 5.78 Å². The van der Waals surface area contributed by atoms with Crippen molar-refractivity contribution < 1.29 is 45.3 Å². The predicted octanol–water partition coefficient (Wildman–Crippen LogP) is -2.89. The molecular formula is C13H17NO9. The van der Waals surface area contributed by atoms with Crippen molar-refractivity contribution in [3.63, 3.8) is 0 Å². The standard InChI is InChI=1S/C13H17NO9/c14-11-10(20)9(19)7(3-15)23-13(11,22)12(21)4-1-5(16)8(18)6(17)2-4/h1-2,7,9-11,15-20,22H,3,14H2/t7-,9-,10+,11-,13?/m1/s1. The predicted molar refractivity (Wildman–Crippen MR) is 72.7 cm³/mol. The van der Waals surface area contributed by atoms with Gasteiger partial charge >= 0.3 is 0 Å². The highest BCUT2D eigenvalue weighted by Gasteiger charge is 2.56. The minimum Gasteiger partial charge on any atom is -0.504 e. The molecule has 1 aromatic rings. The Bertz CT molecular complexity index is 596. The van der Waals surface area contributed by atoms with Gasteiger partial charge in [-0.15, -0.1) is 0 Å². The molecule has 0 bridgehead atoms. The smallest absolute Gasteiger partial charge is 0.250 e. The van der Waals surface area contributed by atoms with Gasteiger partial charge in [-0.1, -0.05) is 0 Å². The van der Waals surface area contributed by atoms with Crippen LogP contribution in [0.2, 0.25) is 0 Å². The zero-order chi connectivity index (χ0) is 17.5. The Balaban J connectivity index is 2.44. The summed E-state index contributed by atoms with van der Waals surface area (Å²) in [5.41, 5.74) is 5.07. The highest BCUT2D eigenvalue weighted by molar-refractivity contribution is 6.03. The summed E-state index contributed by atoms with van der Waals surface area (Å²) in [4.78, 5) is 12.4. The molecule has 1 aliphatic heterocycles. The molecular weight excluding hydrogens is 314 g/mol. The van der Waals surface area contributed by atoms with Gasteiger partial charge in [-0.25, -0.2) is 0 Å². The zero-order valence-electron chi connectivity index (χ0n) is 11.7. The van der Waals surface area contributed by atoms with Crippen LogP contribution in [-0.2, 0) is 4.74 Å². The van der Waals surface area contributed by atoms with Crippen LogP contribution in [0.1, 0.15) is 10.4 Å². The van der Waals surface area contributed by atoms with Gasteiger partial charge in [0.1, 0.15) is 18.3 Å². The molecule has 10 nitrogen and oxygen atoms in total. The molecule has 1 aliphatic rings. The van der Waals surface area contributed by atoms with Crippen LogP contribution in [0.5, 0.6) is 17.2 Å². The Morgan fingerprint density at radius 1 is 1.17 bits per heavy atom. The van der Waals surface area contributed by atoms with Crippen LogP contribution < -0.4 is 5.73 Å². The molecule has 10 heteroatoms. The average molecular weight is 331 g/mol. The number of benzene rings is 1. The summed E-state index contributed by atoms with van der Waals surface area (Å²) < 4.78 is 4.94. The van der Waals surface area contributed by atoms with E-state index in [0.29, 0.717) is 0 Å². The number of ketones is 1. The Morgan fingerprint density at radius 2 is 1.70 bits per heavy atom. The largest absolute Gasteiger partial charge is 0.504 e. The maximum absolute atomic E-state index is 12.4. The van der Waals surface area contributed by atoms with Gasteiger partial charge in [-0.2, -0.15) is 0 Å².